The van der Waals surface area contributed by atoms with E-state index in [-0.39, 0.29) is 22.5 Å². The number of alkyl halides is 1. The molecule has 1 aromatic carbocycles. The van der Waals surface area contributed by atoms with Gasteiger partial charge in [-0.15, -0.1) is 11.6 Å². The minimum atomic E-state index is -0.548. The fraction of sp³-hybridized carbons (Fsp3) is 0.417. The fourth-order valence-electron chi connectivity index (χ4n) is 1.86. The predicted molar refractivity (Wildman–Crippen MR) is 66.2 cm³/mol. The molecule has 4 nitrogen and oxygen atoms in total. The summed E-state index contributed by atoms with van der Waals surface area (Å²) in [7, 11) is 0. The normalized spacial score (nSPS) is 13.8. The van der Waals surface area contributed by atoms with Crippen molar-refractivity contribution in [3.63, 3.8) is 0 Å². The lowest BCUT2D eigenvalue weighted by Gasteiger charge is -2.17. The Balaban J connectivity index is 3.22. The monoisotopic (exact) mass is 252 g/mol. The first-order valence-corrected chi connectivity index (χ1v) is 5.77. The second kappa shape index (κ2) is 5.65. The van der Waals surface area contributed by atoms with Gasteiger partial charge in [-0.3, -0.25) is 10.1 Å². The van der Waals surface area contributed by atoms with E-state index in [1.54, 1.807) is 12.1 Å². The van der Waals surface area contributed by atoms with Gasteiger partial charge in [-0.25, -0.2) is 0 Å². The minimum absolute atomic E-state index is 0.0759. The van der Waals surface area contributed by atoms with Crippen LogP contribution in [0.25, 0.3) is 0 Å². The molecule has 0 saturated carbocycles. The Morgan fingerprint density at radius 2 is 2.24 bits per heavy atom. The smallest absolute Gasteiger partial charge is 0.258 e. The maximum Gasteiger partial charge on any atom is 0.287 e. The number of benzene rings is 1. The van der Waals surface area contributed by atoms with Gasteiger partial charge in [-0.1, -0.05) is 13.0 Å². The molecule has 1 aromatic rings. The largest absolute Gasteiger partial charge is 0.287 e. The third-order valence-electron chi connectivity index (χ3n) is 2.76. The van der Waals surface area contributed by atoms with Crippen molar-refractivity contribution in [2.24, 2.45) is 0 Å². The molecule has 0 spiro atoms. The molecule has 0 aromatic heterocycles. The van der Waals surface area contributed by atoms with E-state index < -0.39 is 4.92 Å². The van der Waals surface area contributed by atoms with Crippen molar-refractivity contribution in [3.05, 3.63) is 39.4 Å². The highest BCUT2D eigenvalue weighted by molar-refractivity contribution is 6.20. The molecule has 0 fully saturated rings. The van der Waals surface area contributed by atoms with Crippen molar-refractivity contribution >= 4 is 17.3 Å². The molecule has 1 rings (SSSR count). The lowest BCUT2D eigenvalue weighted by atomic mass is 9.92. The standard InChI is InChI=1S/C12H13ClN2O2/c1-3-11(8(2)13)9-4-5-12(15(16)17)10(6-9)7-14/h4-6,8,11H,3H2,1-2H3. The molecule has 0 aliphatic heterocycles. The van der Waals surface area contributed by atoms with Crippen LogP contribution in [-0.4, -0.2) is 10.3 Å². The quantitative estimate of drug-likeness (QED) is 0.467. The number of hydrogen-bond acceptors (Lipinski definition) is 3. The molecule has 0 amide bonds. The molecule has 2 atom stereocenters. The van der Waals surface area contributed by atoms with E-state index in [1.165, 1.54) is 6.07 Å². The van der Waals surface area contributed by atoms with E-state index in [9.17, 15) is 10.1 Å². The molecule has 0 heterocycles. The van der Waals surface area contributed by atoms with Crippen molar-refractivity contribution in [3.8, 4) is 6.07 Å². The maximum atomic E-state index is 10.7. The summed E-state index contributed by atoms with van der Waals surface area (Å²) in [5.41, 5.74) is 0.800. The van der Waals surface area contributed by atoms with Gasteiger partial charge in [0.2, 0.25) is 0 Å². The summed E-state index contributed by atoms with van der Waals surface area (Å²) in [5.74, 6) is 0.101. The number of nitriles is 1. The first-order valence-electron chi connectivity index (χ1n) is 5.33. The van der Waals surface area contributed by atoms with E-state index >= 15 is 0 Å². The van der Waals surface area contributed by atoms with Gasteiger partial charge in [0.1, 0.15) is 11.6 Å². The number of halogens is 1. The van der Waals surface area contributed by atoms with Crippen molar-refractivity contribution in [2.45, 2.75) is 31.6 Å². The van der Waals surface area contributed by atoms with E-state index in [2.05, 4.69) is 0 Å². The summed E-state index contributed by atoms with van der Waals surface area (Å²) in [6, 6.07) is 6.45. The summed E-state index contributed by atoms with van der Waals surface area (Å²) in [6.45, 7) is 3.88. The van der Waals surface area contributed by atoms with E-state index in [1.807, 2.05) is 19.9 Å². The van der Waals surface area contributed by atoms with Crippen molar-refractivity contribution in [1.82, 2.24) is 0 Å². The van der Waals surface area contributed by atoms with Crippen molar-refractivity contribution in [2.75, 3.05) is 0 Å². The van der Waals surface area contributed by atoms with Crippen LogP contribution >= 0.6 is 11.6 Å². The molecular weight excluding hydrogens is 240 g/mol. The number of rotatable bonds is 4. The highest BCUT2D eigenvalue weighted by Gasteiger charge is 2.20. The zero-order chi connectivity index (χ0) is 13.0. The zero-order valence-electron chi connectivity index (χ0n) is 9.68. The van der Waals surface area contributed by atoms with Crippen LogP contribution in [0.3, 0.4) is 0 Å². The van der Waals surface area contributed by atoms with Crippen molar-refractivity contribution < 1.29 is 4.92 Å². The second-order valence-corrected chi connectivity index (χ2v) is 4.53. The van der Waals surface area contributed by atoms with Crippen LogP contribution < -0.4 is 0 Å². The van der Waals surface area contributed by atoms with Crippen LogP contribution in [0.15, 0.2) is 18.2 Å². The second-order valence-electron chi connectivity index (χ2n) is 3.84. The molecule has 17 heavy (non-hydrogen) atoms. The van der Waals surface area contributed by atoms with Gasteiger partial charge in [0.05, 0.1) is 4.92 Å². The summed E-state index contributed by atoms with van der Waals surface area (Å²) in [4.78, 5) is 10.1. The Hall–Kier alpha value is -1.60. The van der Waals surface area contributed by atoms with E-state index in [0.29, 0.717) is 0 Å². The average Bonchev–Trinajstić information content (AvgIpc) is 2.28. The van der Waals surface area contributed by atoms with Crippen LogP contribution in [0, 0.1) is 21.4 Å². The van der Waals surface area contributed by atoms with Crippen LogP contribution in [-0.2, 0) is 0 Å². The average molecular weight is 253 g/mol. The predicted octanol–water partition coefficient (Wildman–Crippen LogP) is 3.59. The van der Waals surface area contributed by atoms with Gasteiger partial charge in [0.15, 0.2) is 0 Å². The van der Waals surface area contributed by atoms with Gasteiger partial charge < -0.3 is 0 Å². The van der Waals surface area contributed by atoms with E-state index in [0.717, 1.165) is 12.0 Å². The van der Waals surface area contributed by atoms with Gasteiger partial charge in [0.25, 0.3) is 5.69 Å². The van der Waals surface area contributed by atoms with Gasteiger partial charge in [0, 0.05) is 11.4 Å². The molecule has 0 aliphatic rings. The highest BCUT2D eigenvalue weighted by Crippen LogP contribution is 2.30. The third kappa shape index (κ3) is 2.95. The fourth-order valence-corrected chi connectivity index (χ4v) is 2.18. The van der Waals surface area contributed by atoms with Crippen LogP contribution in [0.5, 0.6) is 0 Å². The summed E-state index contributed by atoms with van der Waals surface area (Å²) in [5, 5.41) is 19.5. The van der Waals surface area contributed by atoms with Crippen molar-refractivity contribution in [1.29, 1.82) is 5.26 Å². The molecule has 5 heteroatoms. The van der Waals surface area contributed by atoms with Crippen LogP contribution in [0.4, 0.5) is 5.69 Å². The number of nitro groups is 1. The molecule has 0 radical (unpaired) electrons. The third-order valence-corrected chi connectivity index (χ3v) is 3.06. The van der Waals surface area contributed by atoms with Crippen LogP contribution in [0.2, 0.25) is 0 Å². The Labute approximate surface area is 105 Å². The van der Waals surface area contributed by atoms with Crippen LogP contribution in [0.1, 0.15) is 37.3 Å². The Kier molecular flexibility index (Phi) is 4.47. The number of nitrogens with zero attached hydrogens (tertiary/aromatic N) is 2. The summed E-state index contributed by atoms with van der Waals surface area (Å²) < 4.78 is 0. The van der Waals surface area contributed by atoms with Gasteiger partial charge in [-0.05, 0) is 30.9 Å². The lowest BCUT2D eigenvalue weighted by molar-refractivity contribution is -0.385. The Bertz CT molecular complexity index is 466. The van der Waals surface area contributed by atoms with Gasteiger partial charge >= 0.3 is 0 Å². The first kappa shape index (κ1) is 13.5. The first-order chi connectivity index (χ1) is 8.01. The number of hydrogen-bond donors (Lipinski definition) is 0. The molecule has 0 saturated heterocycles. The maximum absolute atomic E-state index is 10.7. The summed E-state index contributed by atoms with van der Waals surface area (Å²) >= 11 is 6.06. The molecule has 90 valence electrons. The zero-order valence-corrected chi connectivity index (χ0v) is 10.4. The Morgan fingerprint density at radius 1 is 1.59 bits per heavy atom. The SMILES string of the molecule is CCC(c1ccc([N+](=O)[O-])c(C#N)c1)C(C)Cl. The molecular formula is C12H13ClN2O2. The molecule has 2 unspecified atom stereocenters. The molecule has 0 bridgehead atoms. The minimum Gasteiger partial charge on any atom is -0.258 e. The highest BCUT2D eigenvalue weighted by atomic mass is 35.5. The Morgan fingerprint density at radius 3 is 2.65 bits per heavy atom. The lowest BCUT2D eigenvalue weighted by Crippen LogP contribution is -2.08. The van der Waals surface area contributed by atoms with Gasteiger partial charge in [-0.2, -0.15) is 5.26 Å². The van der Waals surface area contributed by atoms with E-state index in [4.69, 9.17) is 16.9 Å². The summed E-state index contributed by atoms with van der Waals surface area (Å²) in [6.07, 6.45) is 0.827. The number of nitro benzene ring substituents is 1. The molecule has 0 aliphatic carbocycles. The topological polar surface area (TPSA) is 66.9 Å². The molecule has 0 N–H and O–H groups in total.